The molecule has 0 aliphatic carbocycles. The molecular weight excluding hydrogens is 699 g/mol. The summed E-state index contributed by atoms with van der Waals surface area (Å²) in [5, 5.41) is 0.462. The Labute approximate surface area is 266 Å². The zero-order valence-corrected chi connectivity index (χ0v) is 28.3. The van der Waals surface area contributed by atoms with E-state index in [1.54, 1.807) is 21.6 Å². The standard InChI is InChI=1S/C22H34N5O13P3S2/c1-4-7-36-16-9-18(38-17(16)11-37-42(31,32)40-43(33,34)39-41(28,29)30)27-10-15(19-20(24)25-13-26-21(19)27)6-5-8-35-14-44-45-22(2,3)12-23/h4,10,13,16-18H,1,7-9,11-12,14,23H2,2-3H3,(H,31,32)(H,33,34)(H2,24,25,26)(H2,28,29,30)/t16-,17-,18-/m1/s1. The van der Waals surface area contributed by atoms with E-state index in [0.29, 0.717) is 29.1 Å². The SMILES string of the molecule is C=CCO[C@@H]1C[C@H](n2cc(C#CCOCSSC(C)(C)CN)c3c(N)ncnc32)O[C@@H]1COP(=O)(O)OP(=O)(O)OP(=O)(O)O. The van der Waals surface area contributed by atoms with Gasteiger partial charge in [0.15, 0.2) is 0 Å². The molecule has 0 radical (unpaired) electrons. The first-order chi connectivity index (χ1) is 21.0. The smallest absolute Gasteiger partial charge is 0.383 e. The van der Waals surface area contributed by atoms with Crippen LogP contribution in [0.15, 0.2) is 25.2 Å². The van der Waals surface area contributed by atoms with Crippen LogP contribution in [0.5, 0.6) is 0 Å². The fraction of sp³-hybridized carbons (Fsp3) is 0.545. The van der Waals surface area contributed by atoms with Gasteiger partial charge in [0.2, 0.25) is 0 Å². The van der Waals surface area contributed by atoms with Crippen LogP contribution in [-0.2, 0) is 41.1 Å². The first-order valence-electron chi connectivity index (χ1n) is 12.8. The van der Waals surface area contributed by atoms with Crippen LogP contribution in [0.2, 0.25) is 0 Å². The summed E-state index contributed by atoms with van der Waals surface area (Å²) in [7, 11) is -13.5. The van der Waals surface area contributed by atoms with E-state index in [-0.39, 0.29) is 30.2 Å². The third-order valence-electron chi connectivity index (χ3n) is 5.68. The van der Waals surface area contributed by atoms with Gasteiger partial charge in [0.25, 0.3) is 0 Å². The highest BCUT2D eigenvalue weighted by atomic mass is 33.1. The molecule has 23 heteroatoms. The largest absolute Gasteiger partial charge is 0.490 e. The number of phosphoric acid groups is 3. The fourth-order valence-corrected chi connectivity index (χ4v) is 8.88. The number of ether oxygens (including phenoxy) is 3. The maximum atomic E-state index is 12.3. The lowest BCUT2D eigenvalue weighted by atomic mass is 10.2. The second kappa shape index (κ2) is 16.2. The molecule has 0 aromatic carbocycles. The molecule has 18 nitrogen and oxygen atoms in total. The summed E-state index contributed by atoms with van der Waals surface area (Å²) in [6, 6.07) is 0. The van der Waals surface area contributed by atoms with Crippen molar-refractivity contribution in [2.24, 2.45) is 5.73 Å². The van der Waals surface area contributed by atoms with Gasteiger partial charge in [-0.2, -0.15) is 8.62 Å². The summed E-state index contributed by atoms with van der Waals surface area (Å²) in [5.41, 5.74) is 12.7. The first-order valence-corrected chi connectivity index (χ1v) is 19.6. The lowest BCUT2D eigenvalue weighted by molar-refractivity contribution is -0.0549. The van der Waals surface area contributed by atoms with Crippen molar-refractivity contribution in [3.8, 4) is 11.8 Å². The second-order valence-electron chi connectivity index (χ2n) is 9.75. The Morgan fingerprint density at radius 3 is 2.62 bits per heavy atom. The molecule has 2 unspecified atom stereocenters. The Hall–Kier alpha value is -1.33. The number of hydrogen-bond donors (Lipinski definition) is 6. The summed E-state index contributed by atoms with van der Waals surface area (Å²) in [6.07, 6.45) is 1.99. The molecule has 3 heterocycles. The molecule has 0 amide bonds. The van der Waals surface area contributed by atoms with Crippen LogP contribution in [0, 0.1) is 11.8 Å². The molecule has 2 aromatic heterocycles. The van der Waals surface area contributed by atoms with E-state index >= 15 is 0 Å². The summed E-state index contributed by atoms with van der Waals surface area (Å²) in [5.74, 6) is 6.52. The summed E-state index contributed by atoms with van der Waals surface area (Å²) in [6.45, 7) is 7.69. The summed E-state index contributed by atoms with van der Waals surface area (Å²) in [4.78, 5) is 45.1. The van der Waals surface area contributed by atoms with Crippen LogP contribution in [0.1, 0.15) is 32.1 Å². The average molecular weight is 734 g/mol. The Kier molecular flexibility index (Phi) is 13.7. The molecule has 2 aromatic rings. The lowest BCUT2D eigenvalue weighted by Crippen LogP contribution is -2.29. The average Bonchev–Trinajstić information content (AvgIpc) is 3.50. The monoisotopic (exact) mass is 733 g/mol. The van der Waals surface area contributed by atoms with E-state index in [1.165, 1.54) is 23.2 Å². The molecular formula is C22H34N5O13P3S2. The minimum absolute atomic E-state index is 0.0747. The van der Waals surface area contributed by atoms with Gasteiger partial charge in [-0.05, 0) is 13.8 Å². The number of hydrogen-bond acceptors (Lipinski definition) is 15. The van der Waals surface area contributed by atoms with Crippen molar-refractivity contribution in [2.45, 2.75) is 43.5 Å². The summed E-state index contributed by atoms with van der Waals surface area (Å²) >= 11 is 0. The Balaban J connectivity index is 1.74. The Morgan fingerprint density at radius 1 is 1.22 bits per heavy atom. The number of phosphoric ester groups is 1. The van der Waals surface area contributed by atoms with Crippen LogP contribution in [0.4, 0.5) is 5.82 Å². The number of nitrogens with zero attached hydrogens (tertiary/aromatic N) is 3. The Bertz CT molecular complexity index is 1550. The van der Waals surface area contributed by atoms with Crippen molar-refractivity contribution >= 4 is 61.9 Å². The van der Waals surface area contributed by atoms with Gasteiger partial charge in [0.1, 0.15) is 42.7 Å². The number of fused-ring (bicyclic) bond motifs is 1. The highest BCUT2D eigenvalue weighted by Gasteiger charge is 2.43. The predicted molar refractivity (Wildman–Crippen MR) is 166 cm³/mol. The van der Waals surface area contributed by atoms with Crippen molar-refractivity contribution < 1.29 is 60.6 Å². The van der Waals surface area contributed by atoms with Gasteiger partial charge in [-0.3, -0.25) is 4.52 Å². The predicted octanol–water partition coefficient (Wildman–Crippen LogP) is 2.66. The fourth-order valence-electron chi connectivity index (χ4n) is 3.76. The highest BCUT2D eigenvalue weighted by Crippen LogP contribution is 2.66. The molecule has 0 bridgehead atoms. The molecule has 5 atom stereocenters. The molecule has 1 aliphatic heterocycles. The van der Waals surface area contributed by atoms with Crippen molar-refractivity contribution in [2.75, 3.05) is 38.0 Å². The highest BCUT2D eigenvalue weighted by molar-refractivity contribution is 8.77. The number of aromatic nitrogens is 3. The molecule has 8 N–H and O–H groups in total. The zero-order valence-electron chi connectivity index (χ0n) is 24.0. The van der Waals surface area contributed by atoms with E-state index in [2.05, 4.69) is 37.0 Å². The van der Waals surface area contributed by atoms with Gasteiger partial charge in [-0.15, -0.1) is 6.58 Å². The van der Waals surface area contributed by atoms with Crippen LogP contribution in [0.25, 0.3) is 11.0 Å². The van der Waals surface area contributed by atoms with E-state index in [0.717, 1.165) is 0 Å². The van der Waals surface area contributed by atoms with Crippen molar-refractivity contribution in [3.05, 3.63) is 30.7 Å². The molecule has 1 aliphatic rings. The maximum absolute atomic E-state index is 12.3. The number of anilines is 1. The van der Waals surface area contributed by atoms with E-state index in [1.807, 2.05) is 13.8 Å². The third kappa shape index (κ3) is 12.0. The minimum Gasteiger partial charge on any atom is -0.383 e. The van der Waals surface area contributed by atoms with E-state index in [4.69, 9.17) is 40.0 Å². The number of nitrogens with two attached hydrogens (primary N) is 2. The third-order valence-corrected chi connectivity index (χ3v) is 12.5. The quantitative estimate of drug-likeness (QED) is 0.0340. The molecule has 0 spiro atoms. The number of nitrogen functional groups attached to an aromatic ring is 1. The molecule has 45 heavy (non-hydrogen) atoms. The van der Waals surface area contributed by atoms with Gasteiger partial charge >= 0.3 is 23.5 Å². The van der Waals surface area contributed by atoms with Gasteiger partial charge in [-0.1, -0.05) is 39.5 Å². The molecule has 1 fully saturated rings. The van der Waals surface area contributed by atoms with Crippen LogP contribution in [-0.4, -0.2) is 83.4 Å². The molecule has 1 saturated heterocycles. The van der Waals surface area contributed by atoms with Gasteiger partial charge in [-0.25, -0.2) is 23.7 Å². The zero-order chi connectivity index (χ0) is 33.5. The van der Waals surface area contributed by atoms with Gasteiger partial charge < -0.3 is 49.8 Å². The molecule has 0 saturated carbocycles. The van der Waals surface area contributed by atoms with E-state index in [9.17, 15) is 23.5 Å². The van der Waals surface area contributed by atoms with Crippen molar-refractivity contribution in [3.63, 3.8) is 0 Å². The minimum atomic E-state index is -5.69. The molecule has 3 rings (SSSR count). The second-order valence-corrected chi connectivity index (χ2v) is 17.1. The number of rotatable bonds is 17. The van der Waals surface area contributed by atoms with Crippen LogP contribution >= 0.6 is 45.1 Å². The van der Waals surface area contributed by atoms with Gasteiger partial charge in [0.05, 0.1) is 30.3 Å². The topological polar surface area (TPSA) is 270 Å². The summed E-state index contributed by atoms with van der Waals surface area (Å²) < 4.78 is 66.0. The first kappa shape index (κ1) is 38.1. The maximum Gasteiger partial charge on any atom is 0.490 e. The normalized spacial score (nSPS) is 21.6. The van der Waals surface area contributed by atoms with Crippen molar-refractivity contribution in [1.82, 2.24) is 14.5 Å². The molecule has 252 valence electrons. The van der Waals surface area contributed by atoms with E-state index < -0.39 is 48.5 Å². The Morgan fingerprint density at radius 2 is 1.96 bits per heavy atom. The van der Waals surface area contributed by atoms with Gasteiger partial charge in [0, 0.05) is 23.9 Å². The van der Waals surface area contributed by atoms with Crippen molar-refractivity contribution in [1.29, 1.82) is 0 Å². The lowest BCUT2D eigenvalue weighted by Gasteiger charge is -2.21. The van der Waals surface area contributed by atoms with Crippen LogP contribution < -0.4 is 11.5 Å². The van der Waals surface area contributed by atoms with Crippen LogP contribution in [0.3, 0.4) is 0 Å².